The first-order chi connectivity index (χ1) is 11.3. The predicted molar refractivity (Wildman–Crippen MR) is 90.5 cm³/mol. The summed E-state index contributed by atoms with van der Waals surface area (Å²) in [4.78, 5) is 29.7. The number of methoxy groups -OCH3 is 1. The fourth-order valence-corrected chi connectivity index (χ4v) is 2.41. The molecule has 0 radical (unpaired) electrons. The summed E-state index contributed by atoms with van der Waals surface area (Å²) in [6, 6.07) is 10.9. The number of ketones is 1. The molecule has 0 aliphatic rings. The third kappa shape index (κ3) is 5.22. The molecule has 0 bridgehead atoms. The molecule has 0 unspecified atom stereocenters. The van der Waals surface area contributed by atoms with Gasteiger partial charge in [0.25, 0.3) is 0 Å². The molecule has 0 atom stereocenters. The Balaban J connectivity index is 2.19. The monoisotopic (exact) mass is 368 g/mol. The third-order valence-corrected chi connectivity index (χ3v) is 3.65. The molecule has 0 saturated carbocycles. The van der Waals surface area contributed by atoms with Gasteiger partial charge in [-0.15, -0.1) is 0 Å². The topological polar surface area (TPSA) is 93.1 Å². The lowest BCUT2D eigenvalue weighted by atomic mass is 10.1. The van der Waals surface area contributed by atoms with Gasteiger partial charge in [-0.2, -0.15) is 0 Å². The Labute approximate surface area is 143 Å². The van der Waals surface area contributed by atoms with Crippen LogP contribution in [0.1, 0.15) is 15.9 Å². The number of phosphoric ester groups is 1. The van der Waals surface area contributed by atoms with Crippen LogP contribution in [0.4, 0.5) is 0 Å². The van der Waals surface area contributed by atoms with Gasteiger partial charge in [0.2, 0.25) is 0 Å². The summed E-state index contributed by atoms with van der Waals surface area (Å²) < 4.78 is 20.5. The van der Waals surface area contributed by atoms with E-state index >= 15 is 0 Å². The zero-order valence-electron chi connectivity index (χ0n) is 12.5. The van der Waals surface area contributed by atoms with Crippen molar-refractivity contribution in [3.8, 4) is 11.5 Å². The van der Waals surface area contributed by atoms with E-state index in [-0.39, 0.29) is 17.3 Å². The molecule has 126 valence electrons. The SMILES string of the molecule is COc1cc(/C=C/C(=O)c2ccc(Cl)cc2)ccc1OP(=O)(O)O. The summed E-state index contributed by atoms with van der Waals surface area (Å²) in [5.41, 5.74) is 1.09. The second kappa shape index (κ2) is 7.64. The number of carbonyl (C=O) groups excluding carboxylic acids is 1. The Kier molecular flexibility index (Phi) is 5.80. The van der Waals surface area contributed by atoms with Crippen LogP contribution in [0, 0.1) is 0 Å². The minimum atomic E-state index is -4.68. The third-order valence-electron chi connectivity index (χ3n) is 2.96. The molecule has 0 spiro atoms. The van der Waals surface area contributed by atoms with Crippen molar-refractivity contribution in [3.05, 3.63) is 64.7 Å². The lowest BCUT2D eigenvalue weighted by Gasteiger charge is -2.11. The Hall–Kier alpha value is -2.11. The number of benzene rings is 2. The van der Waals surface area contributed by atoms with E-state index in [0.29, 0.717) is 16.1 Å². The molecule has 2 aromatic carbocycles. The van der Waals surface area contributed by atoms with Gasteiger partial charge in [-0.1, -0.05) is 23.7 Å². The van der Waals surface area contributed by atoms with Gasteiger partial charge in [0, 0.05) is 10.6 Å². The number of ether oxygens (including phenoxy) is 1. The maximum absolute atomic E-state index is 12.0. The van der Waals surface area contributed by atoms with Gasteiger partial charge in [0.1, 0.15) is 0 Å². The minimum Gasteiger partial charge on any atom is -0.493 e. The Morgan fingerprint density at radius 2 is 1.79 bits per heavy atom. The Morgan fingerprint density at radius 1 is 1.12 bits per heavy atom. The fourth-order valence-electron chi connectivity index (χ4n) is 1.87. The van der Waals surface area contributed by atoms with Crippen LogP contribution in [0.3, 0.4) is 0 Å². The molecule has 0 aliphatic carbocycles. The molecular weight excluding hydrogens is 355 g/mol. The average molecular weight is 369 g/mol. The van der Waals surface area contributed by atoms with Gasteiger partial charge >= 0.3 is 7.82 Å². The lowest BCUT2D eigenvalue weighted by molar-refractivity contribution is 0.104. The van der Waals surface area contributed by atoms with Crippen LogP contribution in [0.25, 0.3) is 6.08 Å². The van der Waals surface area contributed by atoms with Crippen LogP contribution in [0.2, 0.25) is 5.02 Å². The van der Waals surface area contributed by atoms with Crippen LogP contribution in [0.15, 0.2) is 48.5 Å². The molecule has 8 heteroatoms. The van der Waals surface area contributed by atoms with E-state index in [1.807, 2.05) is 0 Å². The quantitative estimate of drug-likeness (QED) is 0.458. The van der Waals surface area contributed by atoms with Crippen molar-refractivity contribution < 1.29 is 28.4 Å². The predicted octanol–water partition coefficient (Wildman–Crippen LogP) is 3.72. The lowest BCUT2D eigenvalue weighted by Crippen LogP contribution is -1.95. The standard InChI is InChI=1S/C16H14ClO6P/c1-22-16-10-11(3-9-15(16)23-24(19,20)21)2-8-14(18)12-4-6-13(17)7-5-12/h2-10H,1H3,(H2,19,20,21)/b8-2+. The van der Waals surface area contributed by atoms with Crippen molar-refractivity contribution in [1.29, 1.82) is 0 Å². The zero-order valence-corrected chi connectivity index (χ0v) is 14.2. The number of hydrogen-bond acceptors (Lipinski definition) is 4. The summed E-state index contributed by atoms with van der Waals surface area (Å²) in [5.74, 6) is -0.160. The fraction of sp³-hybridized carbons (Fsp3) is 0.0625. The molecule has 0 amide bonds. The molecule has 0 saturated heterocycles. The van der Waals surface area contributed by atoms with Crippen LogP contribution in [0.5, 0.6) is 11.5 Å². The molecule has 0 aliphatic heterocycles. The molecule has 2 aromatic rings. The minimum absolute atomic E-state index is 0.0907. The summed E-state index contributed by atoms with van der Waals surface area (Å²) in [5, 5.41) is 0.543. The maximum atomic E-state index is 12.0. The molecule has 0 fully saturated rings. The van der Waals surface area contributed by atoms with E-state index < -0.39 is 7.82 Å². The van der Waals surface area contributed by atoms with Crippen molar-refractivity contribution in [1.82, 2.24) is 0 Å². The molecule has 0 aromatic heterocycles. The van der Waals surface area contributed by atoms with Crippen LogP contribution < -0.4 is 9.26 Å². The number of hydrogen-bond donors (Lipinski definition) is 2. The van der Waals surface area contributed by atoms with Crippen LogP contribution in [-0.2, 0) is 4.57 Å². The summed E-state index contributed by atoms with van der Waals surface area (Å²) in [6.45, 7) is 0. The summed E-state index contributed by atoms with van der Waals surface area (Å²) >= 11 is 5.77. The molecule has 0 heterocycles. The van der Waals surface area contributed by atoms with Crippen molar-refractivity contribution in [2.24, 2.45) is 0 Å². The van der Waals surface area contributed by atoms with Gasteiger partial charge < -0.3 is 9.26 Å². The van der Waals surface area contributed by atoms with Crippen molar-refractivity contribution in [2.75, 3.05) is 7.11 Å². The first kappa shape index (κ1) is 18.2. The van der Waals surface area contributed by atoms with E-state index in [1.165, 1.54) is 25.3 Å². The number of carbonyl (C=O) groups is 1. The highest BCUT2D eigenvalue weighted by Gasteiger charge is 2.18. The van der Waals surface area contributed by atoms with Gasteiger partial charge in [-0.3, -0.25) is 14.6 Å². The number of halogens is 1. The van der Waals surface area contributed by atoms with Gasteiger partial charge in [0.05, 0.1) is 7.11 Å². The summed E-state index contributed by atoms with van der Waals surface area (Å²) in [6.07, 6.45) is 2.93. The first-order valence-corrected chi connectivity index (χ1v) is 8.60. The molecule has 2 rings (SSSR count). The van der Waals surface area contributed by atoms with Gasteiger partial charge in [0.15, 0.2) is 17.3 Å². The molecular formula is C16H14ClO6P. The van der Waals surface area contributed by atoms with E-state index in [2.05, 4.69) is 4.52 Å². The van der Waals surface area contributed by atoms with Crippen molar-refractivity contribution in [2.45, 2.75) is 0 Å². The van der Waals surface area contributed by atoms with Gasteiger partial charge in [-0.25, -0.2) is 4.57 Å². The first-order valence-electron chi connectivity index (χ1n) is 6.69. The number of phosphoric acid groups is 1. The largest absolute Gasteiger partial charge is 0.524 e. The summed E-state index contributed by atoms with van der Waals surface area (Å²) in [7, 11) is -3.34. The number of allylic oxidation sites excluding steroid dienone is 1. The average Bonchev–Trinajstić information content (AvgIpc) is 2.53. The number of rotatable bonds is 6. The van der Waals surface area contributed by atoms with Crippen LogP contribution >= 0.6 is 19.4 Å². The normalized spacial score (nSPS) is 11.5. The highest BCUT2D eigenvalue weighted by molar-refractivity contribution is 7.46. The maximum Gasteiger partial charge on any atom is 0.524 e. The Morgan fingerprint density at radius 3 is 2.38 bits per heavy atom. The molecule has 24 heavy (non-hydrogen) atoms. The highest BCUT2D eigenvalue weighted by atomic mass is 35.5. The van der Waals surface area contributed by atoms with E-state index in [1.54, 1.807) is 36.4 Å². The second-order valence-electron chi connectivity index (χ2n) is 4.70. The zero-order chi connectivity index (χ0) is 17.7. The van der Waals surface area contributed by atoms with E-state index in [9.17, 15) is 9.36 Å². The smallest absolute Gasteiger partial charge is 0.493 e. The Bertz CT molecular complexity index is 810. The molecule has 6 nitrogen and oxygen atoms in total. The van der Waals surface area contributed by atoms with E-state index in [0.717, 1.165) is 0 Å². The molecule has 2 N–H and O–H groups in total. The van der Waals surface area contributed by atoms with Crippen molar-refractivity contribution >= 4 is 31.3 Å². The van der Waals surface area contributed by atoms with E-state index in [4.69, 9.17) is 26.1 Å². The van der Waals surface area contributed by atoms with Gasteiger partial charge in [-0.05, 0) is 48.0 Å². The highest BCUT2D eigenvalue weighted by Crippen LogP contribution is 2.42. The second-order valence-corrected chi connectivity index (χ2v) is 6.30. The van der Waals surface area contributed by atoms with Crippen LogP contribution in [-0.4, -0.2) is 22.7 Å². The van der Waals surface area contributed by atoms with Crippen molar-refractivity contribution in [3.63, 3.8) is 0 Å².